The van der Waals surface area contributed by atoms with Crippen LogP contribution in [-0.2, 0) is 0 Å². The van der Waals surface area contributed by atoms with Crippen LogP contribution >= 0.6 is 0 Å². The lowest BCUT2D eigenvalue weighted by Gasteiger charge is -2.14. The lowest BCUT2D eigenvalue weighted by molar-refractivity contribution is 0.302. The van der Waals surface area contributed by atoms with Crippen LogP contribution in [-0.4, -0.2) is 6.61 Å². The molecule has 0 heterocycles. The Morgan fingerprint density at radius 3 is 2.69 bits per heavy atom. The summed E-state index contributed by atoms with van der Waals surface area (Å²) >= 11 is 0. The monoisotopic (exact) mass is 221 g/mol. The molecular formula is C14H23NO. The van der Waals surface area contributed by atoms with Gasteiger partial charge >= 0.3 is 0 Å². The Hall–Kier alpha value is -1.02. The minimum Gasteiger partial charge on any atom is -0.493 e. The summed E-state index contributed by atoms with van der Waals surface area (Å²) in [5, 5.41) is 0. The molecule has 0 unspecified atom stereocenters. The average Bonchev–Trinajstić information content (AvgIpc) is 2.26. The second kappa shape index (κ2) is 6.54. The molecule has 0 bridgehead atoms. The fourth-order valence-corrected chi connectivity index (χ4v) is 1.69. The number of rotatable bonds is 6. The molecule has 0 fully saturated rings. The van der Waals surface area contributed by atoms with Gasteiger partial charge in [0, 0.05) is 11.6 Å². The number of aryl methyl sites for hydroxylation is 1. The third kappa shape index (κ3) is 3.86. The van der Waals surface area contributed by atoms with Gasteiger partial charge in [-0.15, -0.1) is 0 Å². The van der Waals surface area contributed by atoms with Gasteiger partial charge in [-0.3, -0.25) is 0 Å². The highest BCUT2D eigenvalue weighted by atomic mass is 16.5. The average molecular weight is 221 g/mol. The first-order chi connectivity index (χ1) is 7.65. The van der Waals surface area contributed by atoms with Gasteiger partial charge in [0.25, 0.3) is 0 Å². The molecule has 0 radical (unpaired) electrons. The normalized spacial score (nSPS) is 12.5. The van der Waals surface area contributed by atoms with Crippen LogP contribution in [0.25, 0.3) is 0 Å². The van der Waals surface area contributed by atoms with Crippen LogP contribution in [0.3, 0.4) is 0 Å². The number of benzene rings is 1. The van der Waals surface area contributed by atoms with E-state index in [1.165, 1.54) is 18.4 Å². The van der Waals surface area contributed by atoms with Gasteiger partial charge in [0.15, 0.2) is 0 Å². The highest BCUT2D eigenvalue weighted by Crippen LogP contribution is 2.25. The highest BCUT2D eigenvalue weighted by Gasteiger charge is 2.07. The third-order valence-corrected chi connectivity index (χ3v) is 2.66. The number of hydrogen-bond acceptors (Lipinski definition) is 2. The van der Waals surface area contributed by atoms with Crippen molar-refractivity contribution in [2.75, 3.05) is 6.61 Å². The van der Waals surface area contributed by atoms with Crippen molar-refractivity contribution < 1.29 is 4.74 Å². The predicted octanol–water partition coefficient (Wildman–Crippen LogP) is 3.58. The van der Waals surface area contributed by atoms with Crippen LogP contribution < -0.4 is 10.5 Å². The first-order valence-corrected chi connectivity index (χ1v) is 6.14. The van der Waals surface area contributed by atoms with Crippen LogP contribution in [0, 0.1) is 6.92 Å². The summed E-state index contributed by atoms with van der Waals surface area (Å²) in [6.45, 7) is 7.05. The van der Waals surface area contributed by atoms with Crippen LogP contribution in [0.15, 0.2) is 18.2 Å². The summed E-state index contributed by atoms with van der Waals surface area (Å²) in [5.41, 5.74) is 8.27. The molecular weight excluding hydrogens is 198 g/mol. The molecule has 0 aliphatic rings. The van der Waals surface area contributed by atoms with Crippen LogP contribution in [0.5, 0.6) is 5.75 Å². The Kier molecular flexibility index (Phi) is 5.33. The zero-order valence-corrected chi connectivity index (χ0v) is 10.6. The highest BCUT2D eigenvalue weighted by molar-refractivity contribution is 5.38. The van der Waals surface area contributed by atoms with Crippen molar-refractivity contribution >= 4 is 0 Å². The second-order valence-corrected chi connectivity index (χ2v) is 4.39. The number of unbranched alkanes of at least 4 members (excludes halogenated alkanes) is 2. The lowest BCUT2D eigenvalue weighted by Crippen LogP contribution is -2.09. The molecule has 2 N–H and O–H groups in total. The van der Waals surface area contributed by atoms with Crippen molar-refractivity contribution in [3.8, 4) is 5.75 Å². The van der Waals surface area contributed by atoms with Crippen molar-refractivity contribution in [3.63, 3.8) is 0 Å². The van der Waals surface area contributed by atoms with E-state index in [-0.39, 0.29) is 6.04 Å². The summed E-state index contributed by atoms with van der Waals surface area (Å²) < 4.78 is 5.78. The van der Waals surface area contributed by atoms with Gasteiger partial charge < -0.3 is 10.5 Å². The molecule has 2 nitrogen and oxygen atoms in total. The molecule has 0 aliphatic heterocycles. The predicted molar refractivity (Wildman–Crippen MR) is 68.8 cm³/mol. The SMILES string of the molecule is CCCCCOc1ccc(C)cc1[C@@H](C)N. The van der Waals surface area contributed by atoms with Crippen LogP contribution in [0.1, 0.15) is 50.3 Å². The molecule has 0 spiro atoms. The van der Waals surface area contributed by atoms with E-state index in [1.54, 1.807) is 0 Å². The molecule has 0 saturated heterocycles. The Balaban J connectivity index is 2.64. The van der Waals surface area contributed by atoms with E-state index >= 15 is 0 Å². The summed E-state index contributed by atoms with van der Waals surface area (Å²) in [6.07, 6.45) is 3.56. The van der Waals surface area contributed by atoms with Gasteiger partial charge in [-0.1, -0.05) is 37.5 Å². The molecule has 0 saturated carbocycles. The van der Waals surface area contributed by atoms with E-state index in [9.17, 15) is 0 Å². The fourth-order valence-electron chi connectivity index (χ4n) is 1.69. The maximum atomic E-state index is 5.93. The van der Waals surface area contributed by atoms with E-state index in [2.05, 4.69) is 26.0 Å². The van der Waals surface area contributed by atoms with Gasteiger partial charge in [-0.25, -0.2) is 0 Å². The second-order valence-electron chi connectivity index (χ2n) is 4.39. The summed E-state index contributed by atoms with van der Waals surface area (Å²) in [4.78, 5) is 0. The topological polar surface area (TPSA) is 35.2 Å². The van der Waals surface area contributed by atoms with Crippen molar-refractivity contribution in [1.82, 2.24) is 0 Å². The van der Waals surface area contributed by atoms with E-state index in [0.717, 1.165) is 24.3 Å². The van der Waals surface area contributed by atoms with Gasteiger partial charge in [-0.2, -0.15) is 0 Å². The molecule has 0 aromatic heterocycles. The Labute approximate surface area is 98.8 Å². The molecule has 0 amide bonds. The van der Waals surface area contributed by atoms with Crippen LogP contribution in [0.2, 0.25) is 0 Å². The number of nitrogens with two attached hydrogens (primary N) is 1. The summed E-state index contributed by atoms with van der Waals surface area (Å²) in [5.74, 6) is 0.941. The van der Waals surface area contributed by atoms with E-state index in [0.29, 0.717) is 0 Å². The number of hydrogen-bond donors (Lipinski definition) is 1. The maximum absolute atomic E-state index is 5.93. The minimum absolute atomic E-state index is 0.0288. The summed E-state index contributed by atoms with van der Waals surface area (Å²) in [6, 6.07) is 6.24. The van der Waals surface area contributed by atoms with Crippen molar-refractivity contribution in [2.45, 2.75) is 46.1 Å². The molecule has 0 aliphatic carbocycles. The minimum atomic E-state index is 0.0288. The molecule has 1 rings (SSSR count). The fraction of sp³-hybridized carbons (Fsp3) is 0.571. The zero-order chi connectivity index (χ0) is 12.0. The largest absolute Gasteiger partial charge is 0.493 e. The standard InChI is InChI=1S/C14H23NO/c1-4-5-6-9-16-14-8-7-11(2)10-13(14)12(3)15/h7-8,10,12H,4-6,9,15H2,1-3H3/t12-/m1/s1. The van der Waals surface area contributed by atoms with E-state index in [1.807, 2.05) is 13.0 Å². The van der Waals surface area contributed by atoms with Crippen LogP contribution in [0.4, 0.5) is 0 Å². The Bertz CT molecular complexity index is 321. The Morgan fingerprint density at radius 1 is 1.31 bits per heavy atom. The van der Waals surface area contributed by atoms with Crippen molar-refractivity contribution in [3.05, 3.63) is 29.3 Å². The Morgan fingerprint density at radius 2 is 2.06 bits per heavy atom. The van der Waals surface area contributed by atoms with Gasteiger partial charge in [0.2, 0.25) is 0 Å². The number of ether oxygens (including phenoxy) is 1. The summed E-state index contributed by atoms with van der Waals surface area (Å²) in [7, 11) is 0. The third-order valence-electron chi connectivity index (χ3n) is 2.66. The first-order valence-electron chi connectivity index (χ1n) is 6.14. The quantitative estimate of drug-likeness (QED) is 0.745. The lowest BCUT2D eigenvalue weighted by atomic mass is 10.1. The zero-order valence-electron chi connectivity index (χ0n) is 10.6. The molecule has 1 aromatic rings. The van der Waals surface area contributed by atoms with E-state index in [4.69, 9.17) is 10.5 Å². The van der Waals surface area contributed by atoms with Gasteiger partial charge in [-0.05, 0) is 26.3 Å². The van der Waals surface area contributed by atoms with Gasteiger partial charge in [0.1, 0.15) is 5.75 Å². The smallest absolute Gasteiger partial charge is 0.124 e. The van der Waals surface area contributed by atoms with Gasteiger partial charge in [0.05, 0.1) is 6.61 Å². The molecule has 2 heteroatoms. The molecule has 1 aromatic carbocycles. The van der Waals surface area contributed by atoms with Crippen molar-refractivity contribution in [2.24, 2.45) is 5.73 Å². The van der Waals surface area contributed by atoms with Crippen molar-refractivity contribution in [1.29, 1.82) is 0 Å². The first kappa shape index (κ1) is 13.0. The molecule has 1 atom stereocenters. The molecule has 16 heavy (non-hydrogen) atoms. The molecule has 90 valence electrons. The maximum Gasteiger partial charge on any atom is 0.124 e. The van der Waals surface area contributed by atoms with E-state index < -0.39 is 0 Å².